The molecule has 3 N–H and O–H groups in total. The van der Waals surface area contributed by atoms with Crippen LogP contribution in [0.15, 0.2) is 46.0 Å². The molecule has 3 aromatic rings. The number of benzene rings is 1. The van der Waals surface area contributed by atoms with Gasteiger partial charge in [-0.2, -0.15) is 0 Å². The molecule has 11 heteroatoms. The van der Waals surface area contributed by atoms with Crippen LogP contribution in [0.4, 0.5) is 4.39 Å². The molecule has 0 amide bonds. The molecule has 2 aromatic heterocycles. The lowest BCUT2D eigenvalue weighted by Crippen LogP contribution is -2.37. The van der Waals surface area contributed by atoms with E-state index in [0.717, 1.165) is 6.26 Å². The maximum absolute atomic E-state index is 13.7. The van der Waals surface area contributed by atoms with Crippen molar-refractivity contribution in [2.24, 2.45) is 4.99 Å². The van der Waals surface area contributed by atoms with Crippen LogP contribution in [0.5, 0.6) is 0 Å². The minimum atomic E-state index is -3.25. The number of guanidine groups is 1. The van der Waals surface area contributed by atoms with Crippen LogP contribution in [0.3, 0.4) is 0 Å². The molecular formula is C19H23FN6O3S. The maximum atomic E-state index is 13.7. The predicted octanol–water partition coefficient (Wildman–Crippen LogP) is 2.00. The fraction of sp³-hybridized carbons (Fsp3) is 0.316. The molecule has 3 rings (SSSR count). The molecule has 0 aliphatic heterocycles. The highest BCUT2D eigenvalue weighted by Crippen LogP contribution is 2.16. The van der Waals surface area contributed by atoms with Crippen LogP contribution in [-0.2, 0) is 28.7 Å². The van der Waals surface area contributed by atoms with Gasteiger partial charge in [-0.3, -0.25) is 5.10 Å². The molecule has 1 aromatic carbocycles. The Hall–Kier alpha value is -3.21. The zero-order chi connectivity index (χ0) is 21.6. The number of sulfone groups is 1. The van der Waals surface area contributed by atoms with E-state index in [-0.39, 0.29) is 12.3 Å². The van der Waals surface area contributed by atoms with E-state index in [1.54, 1.807) is 18.4 Å². The fourth-order valence-corrected chi connectivity index (χ4v) is 3.58. The van der Waals surface area contributed by atoms with Crippen molar-refractivity contribution in [1.29, 1.82) is 0 Å². The van der Waals surface area contributed by atoms with Crippen LogP contribution in [0, 0.1) is 5.82 Å². The summed E-state index contributed by atoms with van der Waals surface area (Å²) in [4.78, 5) is 8.79. The number of furan rings is 1. The van der Waals surface area contributed by atoms with Crippen LogP contribution in [0.25, 0.3) is 11.6 Å². The van der Waals surface area contributed by atoms with Crippen LogP contribution in [0.1, 0.15) is 23.9 Å². The molecule has 0 bridgehead atoms. The summed E-state index contributed by atoms with van der Waals surface area (Å²) in [6.45, 7) is 2.96. The zero-order valence-corrected chi connectivity index (χ0v) is 17.5. The lowest BCUT2D eigenvalue weighted by atomic mass is 10.1. The Kier molecular flexibility index (Phi) is 6.83. The van der Waals surface area contributed by atoms with Crippen LogP contribution >= 0.6 is 0 Å². The summed E-state index contributed by atoms with van der Waals surface area (Å²) in [5, 5.41) is 13.1. The van der Waals surface area contributed by atoms with E-state index in [1.807, 2.05) is 6.92 Å². The number of rotatable bonds is 8. The van der Waals surface area contributed by atoms with Gasteiger partial charge in [0, 0.05) is 12.8 Å². The van der Waals surface area contributed by atoms with Crippen LogP contribution < -0.4 is 10.6 Å². The van der Waals surface area contributed by atoms with Crippen molar-refractivity contribution in [3.8, 4) is 11.6 Å². The van der Waals surface area contributed by atoms with Crippen molar-refractivity contribution in [2.45, 2.75) is 25.8 Å². The molecule has 0 spiro atoms. The van der Waals surface area contributed by atoms with Gasteiger partial charge in [-0.05, 0) is 42.3 Å². The lowest BCUT2D eigenvalue weighted by Gasteiger charge is -2.11. The van der Waals surface area contributed by atoms with Gasteiger partial charge in [0.15, 0.2) is 21.6 Å². The summed E-state index contributed by atoms with van der Waals surface area (Å²) in [5.41, 5.74) is 1.04. The van der Waals surface area contributed by atoms with Crippen molar-refractivity contribution in [1.82, 2.24) is 25.8 Å². The third kappa shape index (κ3) is 6.14. The highest BCUT2D eigenvalue weighted by Gasteiger charge is 2.12. The largest absolute Gasteiger partial charge is 0.461 e. The summed E-state index contributed by atoms with van der Waals surface area (Å²) in [6.07, 6.45) is 2.69. The first-order valence-electron chi connectivity index (χ1n) is 9.26. The number of nitrogens with zero attached hydrogens (tertiary/aromatic N) is 3. The second-order valence-corrected chi connectivity index (χ2v) is 8.76. The second-order valence-electron chi connectivity index (χ2n) is 6.61. The Morgan fingerprint density at radius 1 is 1.27 bits per heavy atom. The van der Waals surface area contributed by atoms with E-state index < -0.39 is 15.7 Å². The first kappa shape index (κ1) is 21.5. The van der Waals surface area contributed by atoms with Gasteiger partial charge in [-0.15, -0.1) is 5.10 Å². The molecule has 0 unspecified atom stereocenters. The minimum absolute atomic E-state index is 0.117. The minimum Gasteiger partial charge on any atom is -0.461 e. The molecule has 0 fully saturated rings. The number of aromatic nitrogens is 3. The highest BCUT2D eigenvalue weighted by molar-refractivity contribution is 7.89. The van der Waals surface area contributed by atoms with Gasteiger partial charge in [0.25, 0.3) is 0 Å². The zero-order valence-electron chi connectivity index (χ0n) is 16.6. The van der Waals surface area contributed by atoms with Gasteiger partial charge in [0.2, 0.25) is 5.82 Å². The average Bonchev–Trinajstić information content (AvgIpc) is 3.36. The van der Waals surface area contributed by atoms with Gasteiger partial charge in [0.1, 0.15) is 11.6 Å². The first-order chi connectivity index (χ1) is 14.3. The number of hydrogen-bond donors (Lipinski definition) is 3. The van der Waals surface area contributed by atoms with Gasteiger partial charge >= 0.3 is 0 Å². The fourth-order valence-electron chi connectivity index (χ4n) is 2.73. The predicted molar refractivity (Wildman–Crippen MR) is 111 cm³/mol. The molecule has 30 heavy (non-hydrogen) atoms. The summed E-state index contributed by atoms with van der Waals surface area (Å²) < 4.78 is 42.2. The van der Waals surface area contributed by atoms with Crippen LogP contribution in [-0.4, -0.2) is 42.4 Å². The molecule has 0 aliphatic carbocycles. The normalized spacial score (nSPS) is 12.2. The summed E-state index contributed by atoms with van der Waals surface area (Å²) in [6, 6.07) is 7.55. The number of aromatic amines is 1. The van der Waals surface area contributed by atoms with E-state index >= 15 is 0 Å². The molecule has 160 valence electrons. The topological polar surface area (TPSA) is 125 Å². The molecule has 9 nitrogen and oxygen atoms in total. The van der Waals surface area contributed by atoms with Crippen molar-refractivity contribution < 1.29 is 17.2 Å². The monoisotopic (exact) mass is 434 g/mol. The quantitative estimate of drug-likeness (QED) is 0.366. The van der Waals surface area contributed by atoms with Crippen molar-refractivity contribution >= 4 is 15.8 Å². The first-order valence-corrected chi connectivity index (χ1v) is 11.3. The Morgan fingerprint density at radius 2 is 2.10 bits per heavy atom. The summed E-state index contributed by atoms with van der Waals surface area (Å²) in [7, 11) is -3.25. The van der Waals surface area contributed by atoms with E-state index in [9.17, 15) is 12.8 Å². The van der Waals surface area contributed by atoms with Crippen molar-refractivity contribution in [3.63, 3.8) is 0 Å². The van der Waals surface area contributed by atoms with Gasteiger partial charge in [0.05, 0.1) is 25.1 Å². The molecule has 0 atom stereocenters. The molecule has 0 saturated carbocycles. The molecule has 0 radical (unpaired) electrons. The van der Waals surface area contributed by atoms with Crippen molar-refractivity contribution in [2.75, 3.05) is 12.8 Å². The van der Waals surface area contributed by atoms with E-state index in [0.29, 0.717) is 47.6 Å². The average molecular weight is 434 g/mol. The Labute approximate surface area is 173 Å². The summed E-state index contributed by atoms with van der Waals surface area (Å²) >= 11 is 0. The lowest BCUT2D eigenvalue weighted by molar-refractivity contribution is 0.577. The maximum Gasteiger partial charge on any atom is 0.216 e. The van der Waals surface area contributed by atoms with Crippen LogP contribution in [0.2, 0.25) is 0 Å². The summed E-state index contributed by atoms with van der Waals surface area (Å²) in [5.74, 6) is 1.45. The van der Waals surface area contributed by atoms with Gasteiger partial charge < -0.3 is 15.1 Å². The Balaban J connectivity index is 1.70. The highest BCUT2D eigenvalue weighted by atomic mass is 32.2. The molecule has 2 heterocycles. The molecular weight excluding hydrogens is 411 g/mol. The third-order valence-corrected chi connectivity index (χ3v) is 4.87. The van der Waals surface area contributed by atoms with E-state index in [2.05, 4.69) is 30.8 Å². The number of aliphatic imine (C=N–C) groups is 1. The molecule has 0 aliphatic rings. The van der Waals surface area contributed by atoms with Crippen molar-refractivity contribution in [3.05, 3.63) is 59.4 Å². The Bertz CT molecular complexity index is 1110. The second kappa shape index (κ2) is 9.53. The third-order valence-electron chi connectivity index (χ3n) is 4.03. The van der Waals surface area contributed by atoms with Gasteiger partial charge in [-0.25, -0.2) is 22.8 Å². The SMILES string of the molecule is CCNC(=NCc1cc(F)ccc1CS(C)(=O)=O)NCc1nc(-c2ccco2)n[nH]1. The number of nitrogens with one attached hydrogen (secondary N) is 3. The van der Waals surface area contributed by atoms with E-state index in [1.165, 1.54) is 18.2 Å². The number of halogens is 1. The van der Waals surface area contributed by atoms with E-state index in [4.69, 9.17) is 4.42 Å². The smallest absolute Gasteiger partial charge is 0.216 e. The number of hydrogen-bond acceptors (Lipinski definition) is 6. The Morgan fingerprint density at radius 3 is 2.80 bits per heavy atom. The molecule has 0 saturated heterocycles. The van der Waals surface area contributed by atoms with Gasteiger partial charge in [-0.1, -0.05) is 6.07 Å². The number of H-pyrrole nitrogens is 1. The standard InChI is InChI=1S/C19H23FN6O3S/c1-3-21-19(23-11-17-24-18(26-25-17)16-5-4-8-29-16)22-10-14-9-15(20)7-6-13(14)12-30(2,27)28/h4-9H,3,10-12H2,1-2H3,(H2,21,22,23)(H,24,25,26).